The van der Waals surface area contributed by atoms with Gasteiger partial charge in [0.05, 0.1) is 11.8 Å². The summed E-state index contributed by atoms with van der Waals surface area (Å²) >= 11 is 0. The van der Waals surface area contributed by atoms with Crippen molar-refractivity contribution in [2.24, 2.45) is 23.7 Å². The largest absolute Gasteiger partial charge is 0.481 e. The zero-order valence-corrected chi connectivity index (χ0v) is 12.0. The normalized spacial score (nSPS) is 39.9. The highest BCUT2D eigenvalue weighted by atomic mass is 16.4. The summed E-state index contributed by atoms with van der Waals surface area (Å²) in [5.74, 6) is -1.39. The molecule has 1 amide bonds. The van der Waals surface area contributed by atoms with E-state index < -0.39 is 11.9 Å². The average Bonchev–Trinajstić information content (AvgIpc) is 2.47. The Bertz CT molecular complexity index is 445. The summed E-state index contributed by atoms with van der Waals surface area (Å²) in [5, 5.41) is 9.54. The summed E-state index contributed by atoms with van der Waals surface area (Å²) in [6.07, 6.45) is 9.25. The number of allylic oxidation sites excluding steroid dienone is 2. The Labute approximate surface area is 119 Å². The lowest BCUT2D eigenvalue weighted by molar-refractivity contribution is -0.158. The number of hydrogen-bond donors (Lipinski definition) is 1. The predicted molar refractivity (Wildman–Crippen MR) is 75.0 cm³/mol. The van der Waals surface area contributed by atoms with E-state index in [1.165, 1.54) is 6.42 Å². The van der Waals surface area contributed by atoms with E-state index in [4.69, 9.17) is 0 Å². The molecule has 5 atom stereocenters. The molecule has 0 spiro atoms. The van der Waals surface area contributed by atoms with Crippen LogP contribution in [0.15, 0.2) is 12.2 Å². The number of rotatable bonds is 2. The highest BCUT2D eigenvalue weighted by Gasteiger charge is 2.49. The number of nitrogens with zero attached hydrogens (tertiary/aromatic N) is 1. The third-order valence-electron chi connectivity index (χ3n) is 5.40. The lowest BCUT2D eigenvalue weighted by atomic mass is 9.61. The SMILES string of the molecule is C[C@@H]1CCCCN1C(=O)[C@H]1[C@@H](C(=O)O)[C@H]2C=C[C@H]1CC2. The van der Waals surface area contributed by atoms with Crippen molar-refractivity contribution in [3.8, 4) is 0 Å². The van der Waals surface area contributed by atoms with Crippen LogP contribution in [0, 0.1) is 23.7 Å². The first kappa shape index (κ1) is 13.7. The molecule has 0 aromatic rings. The number of carboxylic acid groups (broad SMARTS) is 1. The molecule has 0 aromatic heterocycles. The number of carboxylic acids is 1. The Morgan fingerprint density at radius 3 is 2.25 bits per heavy atom. The Hall–Kier alpha value is -1.32. The molecular weight excluding hydrogens is 254 g/mol. The molecule has 4 aliphatic rings. The summed E-state index contributed by atoms with van der Waals surface area (Å²) in [6.45, 7) is 2.88. The molecular formula is C16H23NO3. The van der Waals surface area contributed by atoms with Crippen LogP contribution in [-0.2, 0) is 9.59 Å². The van der Waals surface area contributed by atoms with Crippen LogP contribution in [0.3, 0.4) is 0 Å². The third kappa shape index (κ3) is 2.15. The average molecular weight is 277 g/mol. The van der Waals surface area contributed by atoms with Gasteiger partial charge in [0, 0.05) is 12.6 Å². The van der Waals surface area contributed by atoms with Gasteiger partial charge in [-0.3, -0.25) is 9.59 Å². The molecule has 1 aliphatic heterocycles. The van der Waals surface area contributed by atoms with Crippen LogP contribution in [0.4, 0.5) is 0 Å². The maximum Gasteiger partial charge on any atom is 0.307 e. The highest BCUT2D eigenvalue weighted by molar-refractivity contribution is 5.86. The van der Waals surface area contributed by atoms with Crippen LogP contribution in [0.5, 0.6) is 0 Å². The Kier molecular flexibility index (Phi) is 3.57. The second-order valence-electron chi connectivity index (χ2n) is 6.56. The van der Waals surface area contributed by atoms with E-state index in [2.05, 4.69) is 13.0 Å². The van der Waals surface area contributed by atoms with Crippen LogP contribution < -0.4 is 0 Å². The molecule has 3 aliphatic carbocycles. The van der Waals surface area contributed by atoms with Gasteiger partial charge in [0.1, 0.15) is 0 Å². The van der Waals surface area contributed by atoms with Gasteiger partial charge in [-0.2, -0.15) is 0 Å². The van der Waals surface area contributed by atoms with E-state index in [0.29, 0.717) is 0 Å². The fraction of sp³-hybridized carbons (Fsp3) is 0.750. The van der Waals surface area contributed by atoms with Gasteiger partial charge < -0.3 is 10.0 Å². The topological polar surface area (TPSA) is 57.6 Å². The molecule has 4 heteroatoms. The van der Waals surface area contributed by atoms with Crippen LogP contribution in [0.2, 0.25) is 0 Å². The highest BCUT2D eigenvalue weighted by Crippen LogP contribution is 2.46. The molecule has 20 heavy (non-hydrogen) atoms. The Morgan fingerprint density at radius 2 is 1.70 bits per heavy atom. The summed E-state index contributed by atoms with van der Waals surface area (Å²) in [5.41, 5.74) is 0. The van der Waals surface area contributed by atoms with Crippen molar-refractivity contribution in [3.63, 3.8) is 0 Å². The number of carbonyl (C=O) groups is 2. The van der Waals surface area contributed by atoms with Gasteiger partial charge in [0.25, 0.3) is 0 Å². The monoisotopic (exact) mass is 277 g/mol. The molecule has 1 saturated carbocycles. The van der Waals surface area contributed by atoms with Gasteiger partial charge in [0.2, 0.25) is 5.91 Å². The Morgan fingerprint density at radius 1 is 1.05 bits per heavy atom. The Balaban J connectivity index is 1.85. The number of amides is 1. The molecule has 1 heterocycles. The van der Waals surface area contributed by atoms with E-state index in [0.717, 1.165) is 32.2 Å². The first-order valence-electron chi connectivity index (χ1n) is 7.81. The number of likely N-dealkylation sites (tertiary alicyclic amines) is 1. The number of hydrogen-bond acceptors (Lipinski definition) is 2. The number of fused-ring (bicyclic) bond motifs is 2. The lowest BCUT2D eigenvalue weighted by Crippen LogP contribution is -2.53. The molecule has 1 N–H and O–H groups in total. The van der Waals surface area contributed by atoms with Gasteiger partial charge in [-0.05, 0) is 50.9 Å². The van der Waals surface area contributed by atoms with Crippen LogP contribution in [0.1, 0.15) is 39.0 Å². The quantitative estimate of drug-likeness (QED) is 0.788. The molecule has 4 nitrogen and oxygen atoms in total. The molecule has 0 radical (unpaired) electrons. The maximum atomic E-state index is 12.9. The van der Waals surface area contributed by atoms with Crippen molar-refractivity contribution < 1.29 is 14.7 Å². The van der Waals surface area contributed by atoms with Crippen LogP contribution >= 0.6 is 0 Å². The molecule has 0 unspecified atom stereocenters. The lowest BCUT2D eigenvalue weighted by Gasteiger charge is -2.45. The van der Waals surface area contributed by atoms with E-state index >= 15 is 0 Å². The minimum Gasteiger partial charge on any atom is -0.481 e. The second-order valence-corrected chi connectivity index (χ2v) is 6.56. The standard InChI is InChI=1S/C16H23NO3/c1-10-4-2-3-9-17(10)15(18)13-11-5-7-12(8-6-11)14(13)16(19)20/h5,7,10-14H,2-4,6,8-9H2,1H3,(H,19,20)/t10-,11+,12+,13-,14+/m1/s1. The van der Waals surface area contributed by atoms with Crippen LogP contribution in [-0.4, -0.2) is 34.5 Å². The molecule has 0 aromatic carbocycles. The van der Waals surface area contributed by atoms with Gasteiger partial charge in [0.15, 0.2) is 0 Å². The summed E-state index contributed by atoms with van der Waals surface area (Å²) in [6, 6.07) is 0.259. The minimum absolute atomic E-state index is 0.0477. The van der Waals surface area contributed by atoms with Crippen molar-refractivity contribution in [1.29, 1.82) is 0 Å². The number of aliphatic carboxylic acids is 1. The van der Waals surface area contributed by atoms with E-state index in [1.807, 2.05) is 11.0 Å². The van der Waals surface area contributed by atoms with E-state index in [9.17, 15) is 14.7 Å². The molecule has 2 fully saturated rings. The van der Waals surface area contributed by atoms with Crippen molar-refractivity contribution in [2.45, 2.75) is 45.1 Å². The van der Waals surface area contributed by atoms with Crippen molar-refractivity contribution >= 4 is 11.9 Å². The molecule has 4 rings (SSSR count). The van der Waals surface area contributed by atoms with Crippen molar-refractivity contribution in [3.05, 3.63) is 12.2 Å². The zero-order valence-electron chi connectivity index (χ0n) is 12.0. The van der Waals surface area contributed by atoms with Crippen molar-refractivity contribution in [1.82, 2.24) is 4.90 Å². The summed E-state index contributed by atoms with van der Waals surface area (Å²) in [7, 11) is 0. The zero-order chi connectivity index (χ0) is 14.3. The van der Waals surface area contributed by atoms with Gasteiger partial charge in [-0.1, -0.05) is 12.2 Å². The molecule has 2 bridgehead atoms. The van der Waals surface area contributed by atoms with Gasteiger partial charge >= 0.3 is 5.97 Å². The van der Waals surface area contributed by atoms with Gasteiger partial charge in [-0.15, -0.1) is 0 Å². The van der Waals surface area contributed by atoms with E-state index in [1.54, 1.807) is 0 Å². The molecule has 1 saturated heterocycles. The number of carbonyl (C=O) groups excluding carboxylic acids is 1. The van der Waals surface area contributed by atoms with E-state index in [-0.39, 0.29) is 29.7 Å². The number of piperidine rings is 1. The maximum absolute atomic E-state index is 12.9. The summed E-state index contributed by atoms with van der Waals surface area (Å²) < 4.78 is 0. The third-order valence-corrected chi connectivity index (χ3v) is 5.40. The fourth-order valence-electron chi connectivity index (χ4n) is 4.28. The first-order valence-corrected chi connectivity index (χ1v) is 7.81. The molecule has 110 valence electrons. The second kappa shape index (κ2) is 5.23. The summed E-state index contributed by atoms with van der Waals surface area (Å²) in [4.78, 5) is 26.5. The fourth-order valence-corrected chi connectivity index (χ4v) is 4.28. The minimum atomic E-state index is -0.799. The first-order chi connectivity index (χ1) is 9.59. The van der Waals surface area contributed by atoms with Crippen molar-refractivity contribution in [2.75, 3.05) is 6.54 Å². The van der Waals surface area contributed by atoms with Gasteiger partial charge in [-0.25, -0.2) is 0 Å². The predicted octanol–water partition coefficient (Wildman–Crippen LogP) is 2.30. The van der Waals surface area contributed by atoms with Crippen LogP contribution in [0.25, 0.3) is 0 Å². The smallest absolute Gasteiger partial charge is 0.307 e.